The van der Waals surface area contributed by atoms with Gasteiger partial charge in [-0.3, -0.25) is 0 Å². The first-order chi connectivity index (χ1) is 7.84. The first-order valence-electron chi connectivity index (χ1n) is 4.78. The van der Waals surface area contributed by atoms with E-state index in [2.05, 4.69) is 0 Å². The van der Waals surface area contributed by atoms with Gasteiger partial charge in [0.15, 0.2) is 0 Å². The van der Waals surface area contributed by atoms with Crippen LogP contribution in [-0.4, -0.2) is 24.5 Å². The van der Waals surface area contributed by atoms with E-state index in [1.165, 1.54) is 0 Å². The number of benzene rings is 1. The Bertz CT molecular complexity index is 591. The number of carbonyl (C=O) groups is 1. The molecule has 0 bridgehead atoms. The summed E-state index contributed by atoms with van der Waals surface area (Å²) < 4.78 is 26.4. The highest BCUT2D eigenvalue weighted by Gasteiger charge is 2.17. The van der Waals surface area contributed by atoms with Crippen molar-refractivity contribution in [2.45, 2.75) is 20.8 Å². The summed E-state index contributed by atoms with van der Waals surface area (Å²) in [6.45, 7) is 5.29. The second kappa shape index (κ2) is 5.01. The predicted molar refractivity (Wildman–Crippen MR) is 62.8 cm³/mol. The molecule has 1 aromatic carbocycles. The predicted octanol–water partition coefficient (Wildman–Crippen LogP) is 1.08. The molecule has 17 heavy (non-hydrogen) atoms. The van der Waals surface area contributed by atoms with Gasteiger partial charge in [-0.1, -0.05) is 12.1 Å². The summed E-state index contributed by atoms with van der Waals surface area (Å²) in [5, 5.41) is 7.70. The van der Waals surface area contributed by atoms with Crippen molar-refractivity contribution in [3.8, 4) is 5.75 Å². The Balaban J connectivity index is 3.34. The zero-order valence-corrected chi connectivity index (χ0v) is 10.5. The van der Waals surface area contributed by atoms with Crippen molar-refractivity contribution in [1.82, 2.24) is 0 Å². The van der Waals surface area contributed by atoms with E-state index in [0.29, 0.717) is 11.1 Å². The van der Waals surface area contributed by atoms with Gasteiger partial charge in [-0.25, -0.2) is 4.79 Å². The Morgan fingerprint density at radius 2 is 1.71 bits per heavy atom. The van der Waals surface area contributed by atoms with Crippen LogP contribution in [0.3, 0.4) is 0 Å². The number of hydrogen-bond acceptors (Lipinski definition) is 4. The molecule has 0 atom stereocenters. The van der Waals surface area contributed by atoms with Crippen molar-refractivity contribution in [2.75, 3.05) is 0 Å². The zero-order chi connectivity index (χ0) is 13.2. The van der Waals surface area contributed by atoms with Gasteiger partial charge in [0.2, 0.25) is 0 Å². The molecule has 1 N–H and O–H groups in total. The number of rotatable bonds is 1. The summed E-state index contributed by atoms with van der Waals surface area (Å²) in [7, 11) is -2.91. The van der Waals surface area contributed by atoms with Gasteiger partial charge in [-0.15, -0.1) is 0 Å². The highest BCUT2D eigenvalue weighted by molar-refractivity contribution is 7.74. The number of carboxylic acid groups (broad SMARTS) is 1. The van der Waals surface area contributed by atoms with Gasteiger partial charge < -0.3 is 9.84 Å². The Kier molecular flexibility index (Phi) is 3.90. The molecule has 1 aromatic rings. The Labute approximate surface area is 100 Å². The molecule has 0 radical (unpaired) electrons. The van der Waals surface area contributed by atoms with Crippen LogP contribution in [0.15, 0.2) is 12.1 Å². The van der Waals surface area contributed by atoms with Crippen LogP contribution in [0.5, 0.6) is 5.75 Å². The number of hydrogen-bond donors (Lipinski definition) is 1. The quantitative estimate of drug-likeness (QED) is 0.760. The van der Waals surface area contributed by atoms with Gasteiger partial charge >= 0.3 is 11.0 Å². The molecule has 0 unspecified atom stereocenters. The largest absolute Gasteiger partial charge is 0.475 e. The lowest BCUT2D eigenvalue weighted by molar-refractivity contribution is -0.130. The second-order valence-corrected chi connectivity index (χ2v) is 4.42. The highest BCUT2D eigenvalue weighted by atomic mass is 32.2. The van der Waals surface area contributed by atoms with E-state index in [1.54, 1.807) is 19.9 Å². The normalized spacial score (nSPS) is 9.82. The third-order valence-electron chi connectivity index (χ3n) is 2.39. The molecule has 0 aromatic heterocycles. The fourth-order valence-electron chi connectivity index (χ4n) is 1.32. The summed E-state index contributed by atoms with van der Waals surface area (Å²) >= 11 is 0. The van der Waals surface area contributed by atoms with Crippen molar-refractivity contribution < 1.29 is 23.1 Å². The van der Waals surface area contributed by atoms with Crippen molar-refractivity contribution >= 4 is 21.3 Å². The monoisotopic (exact) mass is 256 g/mol. The number of ether oxygens (including phenoxy) is 1. The van der Waals surface area contributed by atoms with E-state index in [0.717, 1.165) is 5.56 Å². The van der Waals surface area contributed by atoms with Crippen molar-refractivity contribution in [2.24, 2.45) is 0 Å². The Morgan fingerprint density at radius 3 is 2.18 bits per heavy atom. The van der Waals surface area contributed by atoms with Crippen molar-refractivity contribution in [3.05, 3.63) is 28.8 Å². The molecular formula is C11H12O5S. The molecule has 92 valence electrons. The maximum Gasteiger partial charge on any atom is 0.388 e. The number of aryl methyl sites for hydroxylation is 2. The third kappa shape index (κ3) is 2.85. The van der Waals surface area contributed by atoms with Crippen LogP contribution in [0.1, 0.15) is 16.7 Å². The second-order valence-electron chi connectivity index (χ2n) is 3.58. The van der Waals surface area contributed by atoms with E-state index < -0.39 is 21.3 Å². The van der Waals surface area contributed by atoms with Crippen LogP contribution in [-0.2, 0) is 15.1 Å². The first kappa shape index (κ1) is 13.2. The lowest BCUT2D eigenvalue weighted by Crippen LogP contribution is -2.22. The van der Waals surface area contributed by atoms with Crippen LogP contribution in [0.2, 0.25) is 0 Å². The van der Waals surface area contributed by atoms with Gasteiger partial charge in [-0.2, -0.15) is 8.42 Å². The minimum atomic E-state index is -2.91. The lowest BCUT2D eigenvalue weighted by Gasteiger charge is -2.11. The van der Waals surface area contributed by atoms with Crippen molar-refractivity contribution in [1.29, 1.82) is 0 Å². The maximum absolute atomic E-state index is 10.7. The molecule has 0 amide bonds. The zero-order valence-electron chi connectivity index (χ0n) is 9.64. The molecule has 0 saturated heterocycles. The number of aliphatic carboxylic acids is 1. The molecular weight excluding hydrogens is 244 g/mol. The van der Waals surface area contributed by atoms with Crippen LogP contribution >= 0.6 is 0 Å². The molecule has 0 aliphatic carbocycles. The van der Waals surface area contributed by atoms with Gasteiger partial charge in [-0.05, 0) is 37.5 Å². The summed E-state index contributed by atoms with van der Waals surface area (Å²) in [6.07, 6.45) is 0. The molecule has 0 saturated carbocycles. The molecule has 0 aliphatic rings. The summed E-state index contributed by atoms with van der Waals surface area (Å²) in [5.41, 5.74) is 2.29. The molecule has 5 nitrogen and oxygen atoms in total. The fourth-order valence-corrected chi connectivity index (χ4v) is 1.62. The third-order valence-corrected chi connectivity index (χ3v) is 2.96. The lowest BCUT2D eigenvalue weighted by atomic mass is 10.1. The molecule has 0 fully saturated rings. The Hall–Kier alpha value is -1.82. The van der Waals surface area contributed by atoms with E-state index >= 15 is 0 Å². The SMILES string of the molecule is Cc1ccc(C)c(OC(C(=O)O)=S(=O)=O)c1C. The highest BCUT2D eigenvalue weighted by Crippen LogP contribution is 2.25. The summed E-state index contributed by atoms with van der Waals surface area (Å²) in [5.74, 6) is -1.34. The summed E-state index contributed by atoms with van der Waals surface area (Å²) in [4.78, 5) is 10.7. The van der Waals surface area contributed by atoms with Crippen LogP contribution in [0.4, 0.5) is 0 Å². The van der Waals surface area contributed by atoms with E-state index in [9.17, 15) is 13.2 Å². The van der Waals surface area contributed by atoms with Crippen LogP contribution in [0, 0.1) is 20.8 Å². The van der Waals surface area contributed by atoms with Crippen LogP contribution < -0.4 is 4.74 Å². The average molecular weight is 256 g/mol. The van der Waals surface area contributed by atoms with Crippen molar-refractivity contribution in [3.63, 3.8) is 0 Å². The summed E-state index contributed by atoms with van der Waals surface area (Å²) in [6, 6.07) is 3.59. The minimum Gasteiger partial charge on any atom is -0.475 e. The fraction of sp³-hybridized carbons (Fsp3) is 0.273. The van der Waals surface area contributed by atoms with E-state index in [-0.39, 0.29) is 5.75 Å². The average Bonchev–Trinajstić information content (AvgIpc) is 2.23. The molecule has 6 heteroatoms. The van der Waals surface area contributed by atoms with Gasteiger partial charge in [0.1, 0.15) is 5.75 Å². The Morgan fingerprint density at radius 1 is 1.18 bits per heavy atom. The molecule has 1 rings (SSSR count). The molecule has 0 aliphatic heterocycles. The van der Waals surface area contributed by atoms with Gasteiger partial charge in [0.25, 0.3) is 10.3 Å². The number of carboxylic acids is 1. The topological polar surface area (TPSA) is 80.7 Å². The van der Waals surface area contributed by atoms with E-state index in [1.807, 2.05) is 13.0 Å². The standard InChI is InChI=1S/C11H12O5S/c1-6-4-5-7(2)9(8(6)3)16-11(10(12)13)17(14)15/h4-5H,1-3H3,(H,12,13). The van der Waals surface area contributed by atoms with Crippen LogP contribution in [0.25, 0.3) is 0 Å². The van der Waals surface area contributed by atoms with Gasteiger partial charge in [0, 0.05) is 0 Å². The van der Waals surface area contributed by atoms with Gasteiger partial charge in [0.05, 0.1) is 0 Å². The molecule has 0 spiro atoms. The van der Waals surface area contributed by atoms with E-state index in [4.69, 9.17) is 9.84 Å². The minimum absolute atomic E-state index is 0.270. The maximum atomic E-state index is 10.7. The first-order valence-corrected chi connectivity index (χ1v) is 5.86. The molecule has 0 heterocycles. The smallest absolute Gasteiger partial charge is 0.388 e.